The maximum Gasteiger partial charge on any atom is 0.509 e. The van der Waals surface area contributed by atoms with Crippen LogP contribution in [0.5, 0.6) is 0 Å². The van der Waals surface area contributed by atoms with Crippen LogP contribution >= 0.6 is 42.4 Å². The second-order valence-electron chi connectivity index (χ2n) is 2.06. The van der Waals surface area contributed by atoms with Gasteiger partial charge in [0.15, 0.2) is 0 Å². The van der Waals surface area contributed by atoms with Crippen molar-refractivity contribution < 1.29 is 28.6 Å². The van der Waals surface area contributed by atoms with Crippen molar-refractivity contribution in [1.29, 1.82) is 0 Å². The monoisotopic (exact) mass is 286 g/mol. The van der Waals surface area contributed by atoms with Crippen LogP contribution in [0.4, 0.5) is 4.79 Å². The molecule has 0 bridgehead atoms. The molecule has 0 aromatic carbocycles. The molecule has 0 radical (unpaired) electrons. The van der Waals surface area contributed by atoms with E-state index in [2.05, 4.69) is 9.47 Å². The van der Waals surface area contributed by atoms with E-state index in [-0.39, 0.29) is 0 Å². The van der Waals surface area contributed by atoms with Gasteiger partial charge in [0.2, 0.25) is 3.79 Å². The molecule has 1 atom stereocenters. The van der Waals surface area contributed by atoms with Gasteiger partial charge in [-0.15, -0.1) is 0 Å². The maximum atomic E-state index is 10.7. The fraction of sp³-hybridized carbons (Fsp3) is 0.750. The van der Waals surface area contributed by atoms with Crippen molar-refractivity contribution in [2.75, 3.05) is 7.11 Å². The predicted molar refractivity (Wildman–Crippen MR) is 49.6 cm³/mol. The van der Waals surface area contributed by atoms with Crippen LogP contribution in [-0.4, -0.2) is 32.7 Å². The molecule has 0 saturated carbocycles. The molecule has 0 aliphatic rings. The average molecular weight is 287 g/mol. The van der Waals surface area contributed by atoms with Crippen LogP contribution < -0.4 is 0 Å². The fourth-order valence-electron chi connectivity index (χ4n) is 0.465. The van der Waals surface area contributed by atoms with Gasteiger partial charge < -0.3 is 19.3 Å². The molecule has 14 heavy (non-hydrogen) atoms. The lowest BCUT2D eigenvalue weighted by atomic mass is 10.8. The van der Waals surface area contributed by atoms with Gasteiger partial charge >= 0.3 is 13.8 Å². The number of carbonyl (C=O) groups is 1. The summed E-state index contributed by atoms with van der Waals surface area (Å²) in [5.41, 5.74) is 0. The van der Waals surface area contributed by atoms with Crippen LogP contribution in [0.3, 0.4) is 0 Å². The van der Waals surface area contributed by atoms with Crippen molar-refractivity contribution in [3.05, 3.63) is 0 Å². The van der Waals surface area contributed by atoms with E-state index in [1.165, 1.54) is 0 Å². The smallest absolute Gasteiger partial charge is 0.438 e. The lowest BCUT2D eigenvalue weighted by Gasteiger charge is -2.23. The summed E-state index contributed by atoms with van der Waals surface area (Å²) in [4.78, 5) is 27.9. The molecule has 0 unspecified atom stereocenters. The normalized spacial score (nSPS) is 14.7. The van der Waals surface area contributed by atoms with Gasteiger partial charge in [0, 0.05) is 0 Å². The zero-order valence-electron chi connectivity index (χ0n) is 6.69. The van der Waals surface area contributed by atoms with Crippen molar-refractivity contribution in [2.45, 2.75) is 9.64 Å². The molecule has 0 spiro atoms. The van der Waals surface area contributed by atoms with Gasteiger partial charge in [0.1, 0.15) is 0 Å². The first-order chi connectivity index (χ1) is 6.09. The van der Waals surface area contributed by atoms with E-state index in [9.17, 15) is 9.36 Å². The van der Waals surface area contributed by atoms with E-state index < -0.39 is 23.4 Å². The van der Waals surface area contributed by atoms with Gasteiger partial charge in [-0.3, -0.25) is 4.57 Å². The van der Waals surface area contributed by atoms with Gasteiger partial charge in [-0.05, 0) is 0 Å². The van der Waals surface area contributed by atoms with Crippen LogP contribution in [0.1, 0.15) is 0 Å². The minimum atomic E-state index is -4.88. The van der Waals surface area contributed by atoms with Crippen LogP contribution in [0, 0.1) is 0 Å². The Morgan fingerprint density at radius 1 is 1.43 bits per heavy atom. The molecule has 10 heteroatoms. The SMILES string of the molecule is COC(=O)O[C@@H](C(Cl)(Cl)Cl)P(=O)(O)O. The molecule has 84 valence electrons. The van der Waals surface area contributed by atoms with Gasteiger partial charge in [-0.25, -0.2) is 4.79 Å². The van der Waals surface area contributed by atoms with Gasteiger partial charge in [0.25, 0.3) is 5.85 Å². The van der Waals surface area contributed by atoms with Crippen LogP contribution in [-0.2, 0) is 14.0 Å². The molecule has 2 N–H and O–H groups in total. The van der Waals surface area contributed by atoms with Crippen molar-refractivity contribution in [3.63, 3.8) is 0 Å². The summed E-state index contributed by atoms with van der Waals surface area (Å²) in [5, 5.41) is 0. The largest absolute Gasteiger partial charge is 0.509 e. The molecule has 0 heterocycles. The van der Waals surface area contributed by atoms with Gasteiger partial charge in [-0.1, -0.05) is 34.8 Å². The number of halogens is 3. The second-order valence-corrected chi connectivity index (χ2v) is 6.07. The molecular weight excluding hydrogens is 281 g/mol. The van der Waals surface area contributed by atoms with Crippen LogP contribution in [0.2, 0.25) is 0 Å². The lowest BCUT2D eigenvalue weighted by Crippen LogP contribution is -2.31. The first-order valence-corrected chi connectivity index (χ1v) is 5.77. The molecule has 0 aliphatic carbocycles. The summed E-state index contributed by atoms with van der Waals surface area (Å²) in [6.45, 7) is 0. The number of hydrogen-bond acceptors (Lipinski definition) is 4. The van der Waals surface area contributed by atoms with Crippen LogP contribution in [0.25, 0.3) is 0 Å². The highest BCUT2D eigenvalue weighted by atomic mass is 35.6. The van der Waals surface area contributed by atoms with Gasteiger partial charge in [0.05, 0.1) is 7.11 Å². The maximum absolute atomic E-state index is 10.7. The molecule has 0 aliphatic heterocycles. The lowest BCUT2D eigenvalue weighted by molar-refractivity contribution is 0.0543. The van der Waals surface area contributed by atoms with Crippen LogP contribution in [0.15, 0.2) is 0 Å². The van der Waals surface area contributed by atoms with E-state index >= 15 is 0 Å². The second kappa shape index (κ2) is 4.88. The number of methoxy groups -OCH3 is 1. The molecular formula is C4H6Cl3O6P. The van der Waals surface area contributed by atoms with Crippen molar-refractivity contribution >= 4 is 48.6 Å². The van der Waals surface area contributed by atoms with E-state index in [1.807, 2.05) is 0 Å². The molecule has 0 saturated heterocycles. The summed E-state index contributed by atoms with van der Waals surface area (Å²) in [7, 11) is -3.94. The quantitative estimate of drug-likeness (QED) is 0.455. The van der Waals surface area contributed by atoms with E-state index in [0.29, 0.717) is 0 Å². The molecule has 6 nitrogen and oxygen atoms in total. The zero-order valence-corrected chi connectivity index (χ0v) is 9.85. The highest BCUT2D eigenvalue weighted by molar-refractivity contribution is 7.53. The summed E-state index contributed by atoms with van der Waals surface area (Å²) < 4.78 is 16.4. The summed E-state index contributed by atoms with van der Waals surface area (Å²) in [6.07, 6.45) is -1.36. The Bertz CT molecular complexity index is 256. The number of ether oxygens (including phenoxy) is 2. The number of rotatable bonds is 2. The van der Waals surface area contributed by atoms with Crippen molar-refractivity contribution in [2.24, 2.45) is 0 Å². The first-order valence-electron chi connectivity index (χ1n) is 2.95. The van der Waals surface area contributed by atoms with Crippen molar-refractivity contribution in [1.82, 2.24) is 0 Å². The highest BCUT2D eigenvalue weighted by Crippen LogP contribution is 2.52. The molecule has 0 amide bonds. The van der Waals surface area contributed by atoms with E-state index in [0.717, 1.165) is 7.11 Å². The minimum Gasteiger partial charge on any atom is -0.438 e. The zero-order chi connectivity index (χ0) is 11.6. The van der Waals surface area contributed by atoms with E-state index in [4.69, 9.17) is 44.6 Å². The Kier molecular flexibility index (Phi) is 4.98. The third-order valence-corrected chi connectivity index (χ3v) is 3.11. The minimum absolute atomic E-state index is 0.942. The Labute approximate surface area is 94.2 Å². The summed E-state index contributed by atoms with van der Waals surface area (Å²) >= 11 is 15.6. The fourth-order valence-corrected chi connectivity index (χ4v) is 2.35. The standard InChI is InChI=1S/C4H6Cl3O6P/c1-12-3(8)13-2(4(5,6)7)14(9,10)11/h2H,1H3,(H2,9,10,11)/t2-/m1/s1. The number of hydrogen-bond donors (Lipinski definition) is 2. The molecule has 0 fully saturated rings. The number of carbonyl (C=O) groups excluding carboxylic acids is 1. The molecule has 0 aromatic rings. The molecule has 0 rings (SSSR count). The first kappa shape index (κ1) is 14.3. The predicted octanol–water partition coefficient (Wildman–Crippen LogP) is 1.64. The van der Waals surface area contributed by atoms with Gasteiger partial charge in [-0.2, -0.15) is 0 Å². The van der Waals surface area contributed by atoms with E-state index in [1.54, 1.807) is 0 Å². The highest BCUT2D eigenvalue weighted by Gasteiger charge is 2.48. The summed E-state index contributed by atoms with van der Waals surface area (Å²) in [5.74, 6) is -2.20. The number of alkyl halides is 3. The Hall–Kier alpha value is 0.290. The Balaban J connectivity index is 4.77. The van der Waals surface area contributed by atoms with Crippen molar-refractivity contribution in [3.8, 4) is 0 Å². The molecule has 0 aromatic heterocycles. The summed E-state index contributed by atoms with van der Waals surface area (Å²) in [6, 6.07) is 0. The Morgan fingerprint density at radius 2 is 1.86 bits per heavy atom. The topological polar surface area (TPSA) is 93.1 Å². The third kappa shape index (κ3) is 4.68. The average Bonchev–Trinajstić information content (AvgIpc) is 1.95. The third-order valence-electron chi connectivity index (χ3n) is 0.960. The Morgan fingerprint density at radius 3 is 2.07 bits per heavy atom.